The molecule has 2 atom stereocenters. The van der Waals surface area contributed by atoms with E-state index in [1.165, 1.54) is 0 Å². The Morgan fingerprint density at radius 1 is 1.73 bits per heavy atom. The van der Waals surface area contributed by atoms with Gasteiger partial charge < -0.3 is 10.0 Å². The van der Waals surface area contributed by atoms with Crippen LogP contribution in [0.4, 0.5) is 0 Å². The number of hydrogen-bond donors (Lipinski definition) is 1. The summed E-state index contributed by atoms with van der Waals surface area (Å²) in [7, 11) is 2.06. The van der Waals surface area contributed by atoms with Crippen LogP contribution in [0.25, 0.3) is 0 Å². The molecule has 0 aromatic rings. The summed E-state index contributed by atoms with van der Waals surface area (Å²) >= 11 is 0. The summed E-state index contributed by atoms with van der Waals surface area (Å²) in [5, 5.41) is 8.75. The van der Waals surface area contributed by atoms with Crippen LogP contribution in [-0.4, -0.2) is 36.1 Å². The Morgan fingerprint density at radius 3 is 2.82 bits per heavy atom. The third-order valence-electron chi connectivity index (χ3n) is 3.06. The third-order valence-corrected chi connectivity index (χ3v) is 3.06. The smallest absolute Gasteiger partial charge is 0.307 e. The highest BCUT2D eigenvalue weighted by atomic mass is 16.4. The van der Waals surface area contributed by atoms with Gasteiger partial charge in [0.05, 0.1) is 5.92 Å². The van der Waals surface area contributed by atoms with E-state index < -0.39 is 5.97 Å². The lowest BCUT2D eigenvalue weighted by Gasteiger charge is -2.07. The zero-order valence-corrected chi connectivity index (χ0v) is 6.71. The van der Waals surface area contributed by atoms with E-state index >= 15 is 0 Å². The summed E-state index contributed by atoms with van der Waals surface area (Å²) in [6.07, 6.45) is 1.99. The molecule has 3 nitrogen and oxygen atoms in total. The van der Waals surface area contributed by atoms with Gasteiger partial charge in [-0.3, -0.25) is 4.79 Å². The molecule has 1 N–H and O–H groups in total. The number of aliphatic carboxylic acids is 1. The summed E-state index contributed by atoms with van der Waals surface area (Å²) in [5.41, 5.74) is 0.181. The zero-order valence-electron chi connectivity index (χ0n) is 6.71. The topological polar surface area (TPSA) is 40.5 Å². The lowest BCUT2D eigenvalue weighted by Crippen LogP contribution is -2.17. The highest BCUT2D eigenvalue weighted by molar-refractivity contribution is 5.75. The maximum atomic E-state index is 10.6. The van der Waals surface area contributed by atoms with Gasteiger partial charge >= 0.3 is 5.97 Å². The van der Waals surface area contributed by atoms with E-state index in [0.29, 0.717) is 0 Å². The number of carboxylic acid groups (broad SMARTS) is 1. The van der Waals surface area contributed by atoms with Crippen molar-refractivity contribution in [1.82, 2.24) is 4.90 Å². The molecule has 0 bridgehead atoms. The average Bonchev–Trinajstić information content (AvgIpc) is 2.48. The number of nitrogens with zero attached hydrogens (tertiary/aromatic N) is 1. The maximum Gasteiger partial charge on any atom is 0.307 e. The number of hydrogen-bond acceptors (Lipinski definition) is 2. The minimum absolute atomic E-state index is 0.0348. The summed E-state index contributed by atoms with van der Waals surface area (Å²) in [5.74, 6) is -0.632. The normalized spacial score (nSPS) is 43.2. The van der Waals surface area contributed by atoms with E-state index in [4.69, 9.17) is 5.11 Å². The molecule has 0 amide bonds. The molecule has 11 heavy (non-hydrogen) atoms. The van der Waals surface area contributed by atoms with Gasteiger partial charge in [0, 0.05) is 6.54 Å². The van der Waals surface area contributed by atoms with Gasteiger partial charge in [-0.1, -0.05) is 0 Å². The van der Waals surface area contributed by atoms with Crippen LogP contribution in [0.3, 0.4) is 0 Å². The molecule has 1 saturated heterocycles. The Hall–Kier alpha value is -0.570. The Balaban J connectivity index is 2.02. The molecule has 62 valence electrons. The van der Waals surface area contributed by atoms with Gasteiger partial charge in [0.2, 0.25) is 0 Å². The summed E-state index contributed by atoms with van der Waals surface area (Å²) in [4.78, 5) is 12.8. The second-order valence-corrected chi connectivity index (χ2v) is 3.95. The maximum absolute atomic E-state index is 10.6. The van der Waals surface area contributed by atoms with Crippen LogP contribution >= 0.6 is 0 Å². The predicted molar refractivity (Wildman–Crippen MR) is 40.3 cm³/mol. The van der Waals surface area contributed by atoms with Gasteiger partial charge in [0.1, 0.15) is 0 Å². The fourth-order valence-corrected chi connectivity index (χ4v) is 2.26. The molecule has 2 rings (SSSR count). The molecule has 1 saturated carbocycles. The lowest BCUT2D eigenvalue weighted by molar-refractivity contribution is -0.139. The summed E-state index contributed by atoms with van der Waals surface area (Å²) in [6, 6.07) is 0. The minimum Gasteiger partial charge on any atom is -0.481 e. The summed E-state index contributed by atoms with van der Waals surface area (Å²) < 4.78 is 0. The Labute approximate surface area is 66.0 Å². The van der Waals surface area contributed by atoms with Crippen LogP contribution in [0.1, 0.15) is 12.8 Å². The summed E-state index contributed by atoms with van der Waals surface area (Å²) in [6.45, 7) is 2.06. The van der Waals surface area contributed by atoms with Crippen molar-refractivity contribution in [1.29, 1.82) is 0 Å². The van der Waals surface area contributed by atoms with Crippen molar-refractivity contribution < 1.29 is 9.90 Å². The van der Waals surface area contributed by atoms with Crippen molar-refractivity contribution in [2.75, 3.05) is 20.1 Å². The first-order valence-electron chi connectivity index (χ1n) is 4.05. The standard InChI is InChI=1S/C8H13NO2/c1-9-3-2-8(5-9)4-6(8)7(10)11/h6H,2-5H2,1H3,(H,10,11). The molecule has 1 heterocycles. The first-order chi connectivity index (χ1) is 5.14. The first-order valence-corrected chi connectivity index (χ1v) is 4.05. The fraction of sp³-hybridized carbons (Fsp3) is 0.875. The van der Waals surface area contributed by atoms with Crippen molar-refractivity contribution in [2.24, 2.45) is 11.3 Å². The zero-order chi connectivity index (χ0) is 8.06. The SMILES string of the molecule is CN1CCC2(CC2C(=O)O)C1. The predicted octanol–water partition coefficient (Wildman–Crippen LogP) is 0.413. The molecule has 2 unspecified atom stereocenters. The van der Waals surface area contributed by atoms with E-state index in [9.17, 15) is 4.79 Å². The van der Waals surface area contributed by atoms with Gasteiger partial charge in [-0.2, -0.15) is 0 Å². The third kappa shape index (κ3) is 0.948. The molecule has 0 aromatic carbocycles. The van der Waals surface area contributed by atoms with E-state index in [1.54, 1.807) is 0 Å². The Morgan fingerprint density at radius 2 is 2.45 bits per heavy atom. The van der Waals surface area contributed by atoms with Crippen LogP contribution in [0, 0.1) is 11.3 Å². The number of carbonyl (C=O) groups is 1. The molecular formula is C8H13NO2. The van der Waals surface area contributed by atoms with Crippen LogP contribution < -0.4 is 0 Å². The van der Waals surface area contributed by atoms with Crippen LogP contribution in [0.2, 0.25) is 0 Å². The van der Waals surface area contributed by atoms with Gasteiger partial charge in [-0.05, 0) is 31.8 Å². The molecule has 2 aliphatic rings. The Bertz CT molecular complexity index is 204. The molecule has 3 heteroatoms. The lowest BCUT2D eigenvalue weighted by atomic mass is 10.0. The first kappa shape index (κ1) is 7.10. The van der Waals surface area contributed by atoms with Crippen molar-refractivity contribution in [2.45, 2.75) is 12.8 Å². The molecule has 1 spiro atoms. The molecule has 2 fully saturated rings. The monoisotopic (exact) mass is 155 g/mol. The van der Waals surface area contributed by atoms with Crippen molar-refractivity contribution in [3.63, 3.8) is 0 Å². The van der Waals surface area contributed by atoms with Gasteiger partial charge in [-0.15, -0.1) is 0 Å². The van der Waals surface area contributed by atoms with Gasteiger partial charge in [0.15, 0.2) is 0 Å². The van der Waals surface area contributed by atoms with E-state index in [2.05, 4.69) is 11.9 Å². The van der Waals surface area contributed by atoms with E-state index in [1.807, 2.05) is 0 Å². The Kier molecular flexibility index (Phi) is 1.27. The van der Waals surface area contributed by atoms with Gasteiger partial charge in [-0.25, -0.2) is 0 Å². The van der Waals surface area contributed by atoms with Crippen LogP contribution in [0.15, 0.2) is 0 Å². The number of rotatable bonds is 1. The fourth-order valence-electron chi connectivity index (χ4n) is 2.26. The highest BCUT2D eigenvalue weighted by Gasteiger charge is 2.60. The van der Waals surface area contributed by atoms with Crippen LogP contribution in [-0.2, 0) is 4.79 Å². The second kappa shape index (κ2) is 1.97. The molecule has 1 aliphatic heterocycles. The average molecular weight is 155 g/mol. The molecule has 0 aromatic heterocycles. The quantitative estimate of drug-likeness (QED) is 0.596. The second-order valence-electron chi connectivity index (χ2n) is 3.95. The van der Waals surface area contributed by atoms with Crippen molar-refractivity contribution >= 4 is 5.97 Å². The number of likely N-dealkylation sites (tertiary alicyclic amines) is 1. The van der Waals surface area contributed by atoms with Crippen molar-refractivity contribution in [3.05, 3.63) is 0 Å². The number of carboxylic acids is 1. The molecular weight excluding hydrogens is 142 g/mol. The van der Waals surface area contributed by atoms with Gasteiger partial charge in [0.25, 0.3) is 0 Å². The van der Waals surface area contributed by atoms with E-state index in [-0.39, 0.29) is 11.3 Å². The molecule has 1 aliphatic carbocycles. The van der Waals surface area contributed by atoms with Crippen LogP contribution in [0.5, 0.6) is 0 Å². The molecule has 0 radical (unpaired) electrons. The minimum atomic E-state index is -0.597. The highest BCUT2D eigenvalue weighted by Crippen LogP contribution is 2.58. The van der Waals surface area contributed by atoms with E-state index in [0.717, 1.165) is 25.9 Å². The van der Waals surface area contributed by atoms with Crippen molar-refractivity contribution in [3.8, 4) is 0 Å². The largest absolute Gasteiger partial charge is 0.481 e.